The third-order valence-corrected chi connectivity index (χ3v) is 5.30. The van der Waals surface area contributed by atoms with Crippen LogP contribution in [-0.2, 0) is 14.8 Å². The summed E-state index contributed by atoms with van der Waals surface area (Å²) < 4.78 is 29.0. The number of para-hydroxylation sites is 1. The first-order valence-electron chi connectivity index (χ1n) is 7.20. The van der Waals surface area contributed by atoms with Gasteiger partial charge < -0.3 is 5.32 Å². The standard InChI is InChI=1S/C15H18N4O3S/c1-15(2)10-16-14(20)13(15)18-23(21,22)12-8-17-19(9-12)11-6-4-3-5-7-11/h3-9,13,18H,10H2,1-2H3,(H,16,20). The first-order valence-corrected chi connectivity index (χ1v) is 8.68. The topological polar surface area (TPSA) is 93.1 Å². The van der Waals surface area contributed by atoms with Gasteiger partial charge in [-0.05, 0) is 12.1 Å². The number of carbonyl (C=O) groups excluding carboxylic acids is 1. The average Bonchev–Trinajstić information content (AvgIpc) is 3.10. The van der Waals surface area contributed by atoms with Gasteiger partial charge in [-0.3, -0.25) is 4.79 Å². The van der Waals surface area contributed by atoms with Gasteiger partial charge in [0, 0.05) is 12.0 Å². The van der Waals surface area contributed by atoms with E-state index >= 15 is 0 Å². The molecule has 2 heterocycles. The average molecular weight is 334 g/mol. The fourth-order valence-electron chi connectivity index (χ4n) is 2.48. The monoisotopic (exact) mass is 334 g/mol. The summed E-state index contributed by atoms with van der Waals surface area (Å²) in [6.45, 7) is 4.11. The summed E-state index contributed by atoms with van der Waals surface area (Å²) in [7, 11) is -3.83. The maximum Gasteiger partial charge on any atom is 0.244 e. The number of nitrogens with zero attached hydrogens (tertiary/aromatic N) is 2. The Morgan fingerprint density at radius 2 is 2.00 bits per heavy atom. The molecule has 1 saturated heterocycles. The second-order valence-electron chi connectivity index (χ2n) is 6.22. The van der Waals surface area contributed by atoms with Gasteiger partial charge in [0.05, 0.1) is 18.1 Å². The lowest BCUT2D eigenvalue weighted by Gasteiger charge is -2.23. The Bertz CT molecular complexity index is 827. The van der Waals surface area contributed by atoms with Crippen LogP contribution in [-0.4, -0.2) is 36.7 Å². The number of carbonyl (C=O) groups is 1. The van der Waals surface area contributed by atoms with Crippen LogP contribution < -0.4 is 10.0 Å². The second-order valence-corrected chi connectivity index (χ2v) is 7.93. The van der Waals surface area contributed by atoms with E-state index in [-0.39, 0.29) is 10.8 Å². The van der Waals surface area contributed by atoms with Crippen LogP contribution in [0.4, 0.5) is 0 Å². The van der Waals surface area contributed by atoms with E-state index < -0.39 is 21.5 Å². The minimum absolute atomic E-state index is 0.0249. The molecule has 0 saturated carbocycles. The van der Waals surface area contributed by atoms with Crippen molar-refractivity contribution in [2.24, 2.45) is 5.41 Å². The van der Waals surface area contributed by atoms with Crippen molar-refractivity contribution in [3.8, 4) is 5.69 Å². The molecule has 8 heteroatoms. The van der Waals surface area contributed by atoms with Crippen molar-refractivity contribution in [1.82, 2.24) is 19.8 Å². The van der Waals surface area contributed by atoms with E-state index in [0.29, 0.717) is 6.54 Å². The van der Waals surface area contributed by atoms with Crippen molar-refractivity contribution in [3.05, 3.63) is 42.7 Å². The fourth-order valence-corrected chi connectivity index (χ4v) is 3.77. The molecule has 1 atom stereocenters. The summed E-state index contributed by atoms with van der Waals surface area (Å²) in [5.74, 6) is -0.311. The molecule has 1 aromatic heterocycles. The fraction of sp³-hybridized carbons (Fsp3) is 0.333. The van der Waals surface area contributed by atoms with Crippen LogP contribution in [0.1, 0.15) is 13.8 Å². The van der Waals surface area contributed by atoms with Gasteiger partial charge in [-0.15, -0.1) is 0 Å². The van der Waals surface area contributed by atoms with Crippen LogP contribution >= 0.6 is 0 Å². The van der Waals surface area contributed by atoms with Gasteiger partial charge in [-0.2, -0.15) is 9.82 Å². The van der Waals surface area contributed by atoms with Crippen LogP contribution in [0.5, 0.6) is 0 Å². The second kappa shape index (κ2) is 5.47. The maximum absolute atomic E-state index is 12.5. The molecule has 1 unspecified atom stereocenters. The largest absolute Gasteiger partial charge is 0.354 e. The summed E-state index contributed by atoms with van der Waals surface area (Å²) in [6.07, 6.45) is 2.70. The van der Waals surface area contributed by atoms with E-state index in [1.54, 1.807) is 0 Å². The Hall–Kier alpha value is -2.19. The third-order valence-electron chi connectivity index (χ3n) is 3.92. The molecule has 0 radical (unpaired) electrons. The summed E-state index contributed by atoms with van der Waals surface area (Å²) in [4.78, 5) is 11.9. The number of nitrogens with one attached hydrogen (secondary N) is 2. The minimum atomic E-state index is -3.83. The number of hydrogen-bond donors (Lipinski definition) is 2. The molecule has 3 rings (SSSR count). The summed E-state index contributed by atoms with van der Waals surface area (Å²) in [5, 5.41) is 6.76. The normalized spacial score (nSPS) is 20.4. The lowest BCUT2D eigenvalue weighted by atomic mass is 9.88. The van der Waals surface area contributed by atoms with Crippen molar-refractivity contribution >= 4 is 15.9 Å². The summed E-state index contributed by atoms with van der Waals surface area (Å²) in [6, 6.07) is 8.40. The van der Waals surface area contributed by atoms with Crippen LogP contribution in [0, 0.1) is 5.41 Å². The predicted octanol–water partition coefficient (Wildman–Crippen LogP) is 0.675. The van der Waals surface area contributed by atoms with Crippen LogP contribution in [0.15, 0.2) is 47.6 Å². The number of amides is 1. The van der Waals surface area contributed by atoms with E-state index in [1.807, 2.05) is 44.2 Å². The molecule has 2 aromatic rings. The zero-order valence-corrected chi connectivity index (χ0v) is 13.7. The van der Waals surface area contributed by atoms with E-state index in [1.165, 1.54) is 17.1 Å². The summed E-state index contributed by atoms with van der Waals surface area (Å²) >= 11 is 0. The molecule has 1 aliphatic heterocycles. The Balaban J connectivity index is 1.86. The molecule has 0 bridgehead atoms. The van der Waals surface area contributed by atoms with E-state index in [4.69, 9.17) is 0 Å². The lowest BCUT2D eigenvalue weighted by Crippen LogP contribution is -2.46. The highest BCUT2D eigenvalue weighted by Gasteiger charge is 2.43. The van der Waals surface area contributed by atoms with Gasteiger partial charge in [-0.25, -0.2) is 13.1 Å². The molecule has 1 aromatic carbocycles. The van der Waals surface area contributed by atoms with Crippen molar-refractivity contribution in [1.29, 1.82) is 0 Å². The smallest absolute Gasteiger partial charge is 0.244 e. The van der Waals surface area contributed by atoms with Gasteiger partial charge in [0.25, 0.3) is 0 Å². The molecular weight excluding hydrogens is 316 g/mol. The number of benzene rings is 1. The number of sulfonamides is 1. The molecular formula is C15H18N4O3S. The zero-order chi connectivity index (χ0) is 16.7. The molecule has 0 spiro atoms. The molecule has 0 aliphatic carbocycles. The zero-order valence-electron chi connectivity index (χ0n) is 12.9. The number of hydrogen-bond acceptors (Lipinski definition) is 4. The van der Waals surface area contributed by atoms with Crippen molar-refractivity contribution in [3.63, 3.8) is 0 Å². The van der Waals surface area contributed by atoms with Crippen LogP contribution in [0.3, 0.4) is 0 Å². The maximum atomic E-state index is 12.5. The molecule has 1 amide bonds. The summed E-state index contributed by atoms with van der Waals surface area (Å²) in [5.41, 5.74) is 0.271. The minimum Gasteiger partial charge on any atom is -0.354 e. The Morgan fingerprint density at radius 1 is 1.30 bits per heavy atom. The third kappa shape index (κ3) is 2.99. The van der Waals surface area contributed by atoms with Crippen LogP contribution in [0.2, 0.25) is 0 Å². The molecule has 2 N–H and O–H groups in total. The van der Waals surface area contributed by atoms with Crippen molar-refractivity contribution in [2.45, 2.75) is 24.8 Å². The van der Waals surface area contributed by atoms with Gasteiger partial charge in [0.1, 0.15) is 10.9 Å². The molecule has 1 aliphatic rings. The van der Waals surface area contributed by atoms with Gasteiger partial charge in [0.15, 0.2) is 0 Å². The molecule has 7 nitrogen and oxygen atoms in total. The van der Waals surface area contributed by atoms with Gasteiger partial charge >= 0.3 is 0 Å². The predicted molar refractivity (Wildman–Crippen MR) is 84.5 cm³/mol. The molecule has 122 valence electrons. The first kappa shape index (κ1) is 15.7. The SMILES string of the molecule is CC1(C)CNC(=O)C1NS(=O)(=O)c1cnn(-c2ccccc2)c1. The number of rotatable bonds is 4. The highest BCUT2D eigenvalue weighted by molar-refractivity contribution is 7.89. The van der Waals surface area contributed by atoms with Crippen LogP contribution in [0.25, 0.3) is 5.69 Å². The highest BCUT2D eigenvalue weighted by Crippen LogP contribution is 2.26. The molecule has 1 fully saturated rings. The van der Waals surface area contributed by atoms with Gasteiger partial charge in [0.2, 0.25) is 15.9 Å². The lowest BCUT2D eigenvalue weighted by molar-refractivity contribution is -0.121. The van der Waals surface area contributed by atoms with E-state index in [9.17, 15) is 13.2 Å². The first-order chi connectivity index (χ1) is 10.8. The Morgan fingerprint density at radius 3 is 2.61 bits per heavy atom. The van der Waals surface area contributed by atoms with E-state index in [0.717, 1.165) is 5.69 Å². The Labute approximate surface area is 134 Å². The Kier molecular flexibility index (Phi) is 3.73. The van der Waals surface area contributed by atoms with Gasteiger partial charge in [-0.1, -0.05) is 32.0 Å². The van der Waals surface area contributed by atoms with E-state index in [2.05, 4.69) is 15.1 Å². The molecule has 23 heavy (non-hydrogen) atoms. The van der Waals surface area contributed by atoms with Crippen molar-refractivity contribution in [2.75, 3.05) is 6.54 Å². The highest BCUT2D eigenvalue weighted by atomic mass is 32.2. The quantitative estimate of drug-likeness (QED) is 0.860. The number of aromatic nitrogens is 2. The van der Waals surface area contributed by atoms with Crippen molar-refractivity contribution < 1.29 is 13.2 Å².